The number of benzene rings is 1. The molecule has 2 amide bonds. The molecule has 8 nitrogen and oxygen atoms in total. The molecule has 0 bridgehead atoms. The van der Waals surface area contributed by atoms with Crippen LogP contribution in [-0.4, -0.2) is 52.0 Å². The molecule has 3 heterocycles. The van der Waals surface area contributed by atoms with Crippen LogP contribution in [0.2, 0.25) is 0 Å². The number of piperidine rings is 1. The van der Waals surface area contributed by atoms with Gasteiger partial charge < -0.3 is 20.1 Å². The smallest absolute Gasteiger partial charge is 0.259 e. The fraction of sp³-hybridized carbons (Fsp3) is 0.429. The minimum atomic E-state index is -0.354. The Hall–Kier alpha value is -3.46. The molecular formula is C28H32N4O4S. The number of methoxy groups -OCH3 is 1. The zero-order valence-corrected chi connectivity index (χ0v) is 21.8. The molecule has 1 saturated carbocycles. The monoisotopic (exact) mass is 520 g/mol. The average Bonchev–Trinajstić information content (AvgIpc) is 3.41. The summed E-state index contributed by atoms with van der Waals surface area (Å²) in [6.45, 7) is 0.823. The molecule has 194 valence electrons. The number of hydrogen-bond donors (Lipinski definition) is 2. The number of aromatic hydroxyl groups is 1. The number of likely N-dealkylation sites (tertiary alicyclic amines) is 1. The zero-order chi connectivity index (χ0) is 25.8. The number of nitrogens with zero attached hydrogens (tertiary/aromatic N) is 3. The summed E-state index contributed by atoms with van der Waals surface area (Å²) in [6.07, 6.45) is 9.11. The minimum absolute atomic E-state index is 0.150. The number of thiazole rings is 1. The van der Waals surface area contributed by atoms with Crippen LogP contribution in [0.4, 0.5) is 5.13 Å². The third-order valence-corrected chi connectivity index (χ3v) is 8.16. The minimum Gasteiger partial charge on any atom is -0.496 e. The van der Waals surface area contributed by atoms with Crippen molar-refractivity contribution in [3.8, 4) is 22.9 Å². The fourth-order valence-electron chi connectivity index (χ4n) is 5.39. The Labute approximate surface area is 220 Å². The van der Waals surface area contributed by atoms with Gasteiger partial charge in [-0.25, -0.2) is 9.97 Å². The van der Waals surface area contributed by atoms with Gasteiger partial charge in [0.25, 0.3) is 5.91 Å². The Morgan fingerprint density at radius 2 is 1.97 bits per heavy atom. The first kappa shape index (κ1) is 25.2. The first-order chi connectivity index (χ1) is 18.0. The Kier molecular flexibility index (Phi) is 7.69. The van der Waals surface area contributed by atoms with E-state index in [0.717, 1.165) is 17.0 Å². The van der Waals surface area contributed by atoms with Crippen molar-refractivity contribution >= 4 is 28.3 Å². The van der Waals surface area contributed by atoms with Gasteiger partial charge in [0.2, 0.25) is 11.8 Å². The van der Waals surface area contributed by atoms with Gasteiger partial charge in [0, 0.05) is 30.2 Å². The molecule has 0 spiro atoms. The standard InChI is InChI=1S/C28H32N4O4S/c1-36-24-12-11-19(18-7-3-2-4-8-18)15-22(24)23-17-37-28(30-23)31-25(33)20-9-6-14-32(16-20)27(35)21-10-5-13-29-26(21)34/h5,10-13,15,17-18,20H,2-4,6-9,14,16H2,1H3,(H,29,34)(H,30,31,33). The summed E-state index contributed by atoms with van der Waals surface area (Å²) in [5.74, 6) is 0.219. The maximum atomic E-state index is 13.1. The van der Waals surface area contributed by atoms with Crippen LogP contribution in [0, 0.1) is 5.92 Å². The molecule has 9 heteroatoms. The van der Waals surface area contributed by atoms with Crippen LogP contribution in [-0.2, 0) is 4.79 Å². The van der Waals surface area contributed by atoms with Crippen LogP contribution in [0.15, 0.2) is 41.9 Å². The van der Waals surface area contributed by atoms with Gasteiger partial charge in [-0.15, -0.1) is 11.3 Å². The van der Waals surface area contributed by atoms with Crippen molar-refractivity contribution in [2.45, 2.75) is 50.9 Å². The topological polar surface area (TPSA) is 105 Å². The van der Waals surface area contributed by atoms with Gasteiger partial charge in [-0.2, -0.15) is 0 Å². The highest BCUT2D eigenvalue weighted by Crippen LogP contribution is 2.39. The van der Waals surface area contributed by atoms with Crippen LogP contribution in [0.3, 0.4) is 0 Å². The summed E-state index contributed by atoms with van der Waals surface area (Å²) < 4.78 is 5.62. The lowest BCUT2D eigenvalue weighted by Gasteiger charge is -2.32. The van der Waals surface area contributed by atoms with Gasteiger partial charge in [-0.05, 0) is 61.4 Å². The number of nitrogens with one attached hydrogen (secondary N) is 1. The Balaban J connectivity index is 1.27. The van der Waals surface area contributed by atoms with Gasteiger partial charge in [-0.1, -0.05) is 25.3 Å². The third kappa shape index (κ3) is 5.61. The lowest BCUT2D eigenvalue weighted by Crippen LogP contribution is -2.43. The number of amides is 2. The predicted molar refractivity (Wildman–Crippen MR) is 143 cm³/mol. The number of carbonyl (C=O) groups excluding carboxylic acids is 2. The van der Waals surface area contributed by atoms with E-state index in [1.807, 2.05) is 11.4 Å². The molecule has 3 aromatic rings. The molecule has 1 unspecified atom stereocenters. The quantitative estimate of drug-likeness (QED) is 0.447. The van der Waals surface area contributed by atoms with Crippen molar-refractivity contribution in [1.29, 1.82) is 0 Å². The lowest BCUT2D eigenvalue weighted by atomic mass is 9.83. The van der Waals surface area contributed by atoms with E-state index in [9.17, 15) is 14.7 Å². The van der Waals surface area contributed by atoms with Crippen molar-refractivity contribution < 1.29 is 19.4 Å². The first-order valence-corrected chi connectivity index (χ1v) is 13.8. The number of anilines is 1. The molecule has 5 rings (SSSR count). The summed E-state index contributed by atoms with van der Waals surface area (Å²) in [7, 11) is 1.66. The van der Waals surface area contributed by atoms with E-state index in [1.165, 1.54) is 55.2 Å². The Bertz CT molecular complexity index is 1270. The highest BCUT2D eigenvalue weighted by molar-refractivity contribution is 7.14. The first-order valence-electron chi connectivity index (χ1n) is 12.9. The van der Waals surface area contributed by atoms with Crippen molar-refractivity contribution in [1.82, 2.24) is 14.9 Å². The molecule has 1 aromatic carbocycles. The lowest BCUT2D eigenvalue weighted by molar-refractivity contribution is -0.121. The van der Waals surface area contributed by atoms with E-state index in [-0.39, 0.29) is 35.7 Å². The van der Waals surface area contributed by atoms with E-state index in [1.54, 1.807) is 24.1 Å². The number of pyridine rings is 1. The summed E-state index contributed by atoms with van der Waals surface area (Å²) in [5, 5.41) is 15.4. The number of hydrogen-bond acceptors (Lipinski definition) is 7. The second kappa shape index (κ2) is 11.3. The van der Waals surface area contributed by atoms with Crippen molar-refractivity contribution in [3.63, 3.8) is 0 Å². The van der Waals surface area contributed by atoms with Gasteiger partial charge in [0.1, 0.15) is 11.3 Å². The summed E-state index contributed by atoms with van der Waals surface area (Å²) in [4.78, 5) is 36.1. The molecule has 2 fully saturated rings. The van der Waals surface area contributed by atoms with Gasteiger partial charge >= 0.3 is 0 Å². The van der Waals surface area contributed by atoms with E-state index >= 15 is 0 Å². The SMILES string of the molecule is COc1ccc(C2CCCCC2)cc1-c1csc(NC(=O)C2CCCN(C(=O)c3cccnc3O)C2)n1. The third-order valence-electron chi connectivity index (χ3n) is 7.41. The highest BCUT2D eigenvalue weighted by atomic mass is 32.1. The number of aromatic nitrogens is 2. The maximum absolute atomic E-state index is 13.1. The van der Waals surface area contributed by atoms with Crippen molar-refractivity contribution in [2.24, 2.45) is 5.92 Å². The van der Waals surface area contributed by atoms with E-state index < -0.39 is 0 Å². The van der Waals surface area contributed by atoms with Gasteiger partial charge in [0.05, 0.1) is 18.7 Å². The number of carbonyl (C=O) groups is 2. The average molecular weight is 521 g/mol. The molecule has 2 aliphatic rings. The molecule has 1 atom stereocenters. The fourth-order valence-corrected chi connectivity index (χ4v) is 6.10. The molecule has 1 saturated heterocycles. The number of ether oxygens (including phenoxy) is 1. The maximum Gasteiger partial charge on any atom is 0.259 e. The van der Waals surface area contributed by atoms with Gasteiger partial charge in [0.15, 0.2) is 5.13 Å². The second-order valence-corrected chi connectivity index (χ2v) is 10.6. The van der Waals surface area contributed by atoms with E-state index in [4.69, 9.17) is 9.72 Å². The largest absolute Gasteiger partial charge is 0.496 e. The molecule has 2 N–H and O–H groups in total. The van der Waals surface area contributed by atoms with Crippen LogP contribution >= 0.6 is 11.3 Å². The molecule has 1 aliphatic heterocycles. The normalized spacial score (nSPS) is 18.4. The van der Waals surface area contributed by atoms with Crippen molar-refractivity contribution in [3.05, 3.63) is 53.0 Å². The number of rotatable bonds is 6. The van der Waals surface area contributed by atoms with Crippen LogP contribution in [0.25, 0.3) is 11.3 Å². The molecule has 0 radical (unpaired) electrons. The summed E-state index contributed by atoms with van der Waals surface area (Å²) in [5.41, 5.74) is 3.19. The summed E-state index contributed by atoms with van der Waals surface area (Å²) in [6, 6.07) is 9.53. The molecule has 1 aliphatic carbocycles. The highest BCUT2D eigenvalue weighted by Gasteiger charge is 2.30. The molecular weight excluding hydrogens is 488 g/mol. The van der Waals surface area contributed by atoms with Crippen LogP contribution in [0.1, 0.15) is 66.8 Å². The second-order valence-electron chi connectivity index (χ2n) is 9.79. The van der Waals surface area contributed by atoms with Gasteiger partial charge in [-0.3, -0.25) is 9.59 Å². The van der Waals surface area contributed by atoms with E-state index in [0.29, 0.717) is 30.4 Å². The zero-order valence-electron chi connectivity index (χ0n) is 21.0. The van der Waals surface area contributed by atoms with Crippen LogP contribution < -0.4 is 10.1 Å². The van der Waals surface area contributed by atoms with Crippen molar-refractivity contribution in [2.75, 3.05) is 25.5 Å². The molecule has 37 heavy (non-hydrogen) atoms. The Morgan fingerprint density at radius 1 is 1.14 bits per heavy atom. The predicted octanol–water partition coefficient (Wildman–Crippen LogP) is 5.46. The Morgan fingerprint density at radius 3 is 2.76 bits per heavy atom. The van der Waals surface area contributed by atoms with Crippen LogP contribution in [0.5, 0.6) is 11.6 Å². The summed E-state index contributed by atoms with van der Waals surface area (Å²) >= 11 is 1.38. The van der Waals surface area contributed by atoms with E-state index in [2.05, 4.69) is 22.4 Å². The molecule has 2 aromatic heterocycles.